The van der Waals surface area contributed by atoms with Crippen LogP contribution in [-0.4, -0.2) is 64.9 Å². The molecule has 0 saturated carbocycles. The van der Waals surface area contributed by atoms with Crippen LogP contribution in [0, 0.1) is 5.92 Å². The minimum Gasteiger partial charge on any atom is -0.356 e. The van der Waals surface area contributed by atoms with E-state index < -0.39 is 0 Å². The molecule has 0 radical (unpaired) electrons. The summed E-state index contributed by atoms with van der Waals surface area (Å²) in [6, 6.07) is 12.4. The number of nitrogens with zero attached hydrogens (tertiary/aromatic N) is 5. The largest absolute Gasteiger partial charge is 0.356 e. The number of carbonyl (C=O) groups is 1. The van der Waals surface area contributed by atoms with Crippen molar-refractivity contribution >= 4 is 11.7 Å². The first-order valence-corrected chi connectivity index (χ1v) is 10.3. The predicted octanol–water partition coefficient (Wildman–Crippen LogP) is 2.67. The van der Waals surface area contributed by atoms with Crippen LogP contribution in [0.15, 0.2) is 42.7 Å². The minimum absolute atomic E-state index is 0.0214. The molecule has 2 aliphatic rings. The molecule has 28 heavy (non-hydrogen) atoms. The molecule has 148 valence electrons. The smallest absolute Gasteiger partial charge is 0.272 e. The highest BCUT2D eigenvalue weighted by molar-refractivity contribution is 5.93. The first-order valence-electron chi connectivity index (χ1n) is 10.3. The summed E-state index contributed by atoms with van der Waals surface area (Å²) in [5.74, 6) is 1.57. The fourth-order valence-corrected chi connectivity index (χ4v) is 4.15. The zero-order valence-electron chi connectivity index (χ0n) is 16.6. The van der Waals surface area contributed by atoms with Crippen LogP contribution in [0.5, 0.6) is 0 Å². The number of piperazine rings is 1. The molecule has 0 aliphatic carbocycles. The zero-order valence-corrected chi connectivity index (χ0v) is 16.6. The zero-order chi connectivity index (χ0) is 19.3. The summed E-state index contributed by atoms with van der Waals surface area (Å²) in [5, 5.41) is 0. The van der Waals surface area contributed by atoms with Crippen LogP contribution in [0.3, 0.4) is 0 Å². The number of aromatic nitrogens is 2. The van der Waals surface area contributed by atoms with E-state index in [0.717, 1.165) is 51.6 Å². The molecule has 0 spiro atoms. The van der Waals surface area contributed by atoms with Gasteiger partial charge in [0.25, 0.3) is 5.91 Å². The van der Waals surface area contributed by atoms with Crippen LogP contribution in [0.2, 0.25) is 0 Å². The molecule has 1 unspecified atom stereocenters. The molecule has 6 nitrogen and oxygen atoms in total. The standard InChI is InChI=1S/C22H29N5O/c1-18-6-5-9-27(15-18)21-14-20(23-17-24-21)22(28)26-12-10-25(11-13-26)16-19-7-3-2-4-8-19/h2-4,7-8,14,17-18H,5-6,9-13,15-16H2,1H3. The summed E-state index contributed by atoms with van der Waals surface area (Å²) in [6.45, 7) is 8.49. The Morgan fingerprint density at radius 3 is 2.61 bits per heavy atom. The lowest BCUT2D eigenvalue weighted by atomic mass is 10.0. The van der Waals surface area contributed by atoms with Gasteiger partial charge in [-0.2, -0.15) is 0 Å². The summed E-state index contributed by atoms with van der Waals surface area (Å²) >= 11 is 0. The van der Waals surface area contributed by atoms with Crippen molar-refractivity contribution in [3.05, 3.63) is 54.0 Å². The van der Waals surface area contributed by atoms with Crippen molar-refractivity contribution in [2.24, 2.45) is 5.92 Å². The highest BCUT2D eigenvalue weighted by Gasteiger charge is 2.24. The van der Waals surface area contributed by atoms with E-state index in [1.54, 1.807) is 0 Å². The van der Waals surface area contributed by atoms with Gasteiger partial charge in [-0.25, -0.2) is 9.97 Å². The molecule has 1 aromatic heterocycles. The van der Waals surface area contributed by atoms with Crippen molar-refractivity contribution in [3.8, 4) is 0 Å². The van der Waals surface area contributed by atoms with Gasteiger partial charge < -0.3 is 9.80 Å². The Bertz CT molecular complexity index is 789. The summed E-state index contributed by atoms with van der Waals surface area (Å²) < 4.78 is 0. The number of carbonyl (C=O) groups excluding carboxylic acids is 1. The van der Waals surface area contributed by atoms with Crippen LogP contribution in [0.25, 0.3) is 0 Å². The number of rotatable bonds is 4. The topological polar surface area (TPSA) is 52.6 Å². The summed E-state index contributed by atoms with van der Waals surface area (Å²) in [6.07, 6.45) is 3.98. The molecule has 3 heterocycles. The van der Waals surface area contributed by atoms with Gasteiger partial charge in [-0.05, 0) is 24.3 Å². The molecule has 2 aromatic rings. The third kappa shape index (κ3) is 4.50. The van der Waals surface area contributed by atoms with E-state index in [-0.39, 0.29) is 5.91 Å². The van der Waals surface area contributed by atoms with Gasteiger partial charge in [-0.3, -0.25) is 9.69 Å². The van der Waals surface area contributed by atoms with Crippen molar-refractivity contribution in [3.63, 3.8) is 0 Å². The van der Waals surface area contributed by atoms with E-state index in [4.69, 9.17) is 0 Å². The Morgan fingerprint density at radius 1 is 1.07 bits per heavy atom. The molecule has 4 rings (SSSR count). The molecule has 1 atom stereocenters. The summed E-state index contributed by atoms with van der Waals surface area (Å²) in [4.78, 5) is 28.3. The average Bonchev–Trinajstić information content (AvgIpc) is 2.75. The second-order valence-electron chi connectivity index (χ2n) is 8.01. The first-order chi connectivity index (χ1) is 13.7. The van der Waals surface area contributed by atoms with Crippen molar-refractivity contribution in [1.29, 1.82) is 0 Å². The van der Waals surface area contributed by atoms with Crippen LogP contribution in [-0.2, 0) is 6.54 Å². The SMILES string of the molecule is CC1CCCN(c2cc(C(=O)N3CCN(Cc4ccccc4)CC3)ncn2)C1. The Hall–Kier alpha value is -2.47. The van der Waals surface area contributed by atoms with Crippen molar-refractivity contribution < 1.29 is 4.79 Å². The minimum atomic E-state index is 0.0214. The molecular weight excluding hydrogens is 350 g/mol. The van der Waals surface area contributed by atoms with Gasteiger partial charge in [0.1, 0.15) is 17.8 Å². The number of benzene rings is 1. The van der Waals surface area contributed by atoms with E-state index in [1.165, 1.54) is 24.7 Å². The molecule has 2 saturated heterocycles. The maximum Gasteiger partial charge on any atom is 0.272 e. The third-order valence-corrected chi connectivity index (χ3v) is 5.76. The Morgan fingerprint density at radius 2 is 1.86 bits per heavy atom. The highest BCUT2D eigenvalue weighted by atomic mass is 16.2. The lowest BCUT2D eigenvalue weighted by molar-refractivity contribution is 0.0622. The van der Waals surface area contributed by atoms with E-state index in [1.807, 2.05) is 17.0 Å². The van der Waals surface area contributed by atoms with E-state index in [2.05, 4.69) is 51.0 Å². The molecule has 1 aromatic carbocycles. The second kappa shape index (κ2) is 8.69. The Balaban J connectivity index is 1.35. The van der Waals surface area contributed by atoms with Gasteiger partial charge in [0.2, 0.25) is 0 Å². The normalized spacial score (nSPS) is 21.0. The van der Waals surface area contributed by atoms with Crippen molar-refractivity contribution in [1.82, 2.24) is 19.8 Å². The van der Waals surface area contributed by atoms with Gasteiger partial charge in [-0.1, -0.05) is 37.3 Å². The fraction of sp³-hybridized carbons (Fsp3) is 0.500. The number of piperidine rings is 1. The Kier molecular flexibility index (Phi) is 5.86. The second-order valence-corrected chi connectivity index (χ2v) is 8.01. The molecule has 0 N–H and O–H groups in total. The van der Waals surface area contributed by atoms with Crippen LogP contribution in [0.1, 0.15) is 35.8 Å². The lowest BCUT2D eigenvalue weighted by Gasteiger charge is -2.35. The van der Waals surface area contributed by atoms with Crippen molar-refractivity contribution in [2.45, 2.75) is 26.3 Å². The Labute approximate surface area is 167 Å². The first kappa shape index (κ1) is 18.9. The third-order valence-electron chi connectivity index (χ3n) is 5.76. The van der Waals surface area contributed by atoms with Gasteiger partial charge in [-0.15, -0.1) is 0 Å². The summed E-state index contributed by atoms with van der Waals surface area (Å²) in [5.41, 5.74) is 1.83. The van der Waals surface area contributed by atoms with Crippen molar-refractivity contribution in [2.75, 3.05) is 44.2 Å². The van der Waals surface area contributed by atoms with E-state index in [9.17, 15) is 4.79 Å². The number of amides is 1. The molecule has 2 aliphatic heterocycles. The maximum absolute atomic E-state index is 13.0. The fourth-order valence-electron chi connectivity index (χ4n) is 4.15. The average molecular weight is 380 g/mol. The monoisotopic (exact) mass is 379 g/mol. The highest BCUT2D eigenvalue weighted by Crippen LogP contribution is 2.21. The van der Waals surface area contributed by atoms with Gasteiger partial charge in [0.05, 0.1) is 0 Å². The molecule has 1 amide bonds. The number of anilines is 1. The number of hydrogen-bond donors (Lipinski definition) is 0. The van der Waals surface area contributed by atoms with Crippen LogP contribution in [0.4, 0.5) is 5.82 Å². The van der Waals surface area contributed by atoms with E-state index in [0.29, 0.717) is 11.6 Å². The van der Waals surface area contributed by atoms with Gasteiger partial charge >= 0.3 is 0 Å². The molecule has 6 heteroatoms. The van der Waals surface area contributed by atoms with Gasteiger partial charge in [0.15, 0.2) is 0 Å². The number of hydrogen-bond acceptors (Lipinski definition) is 5. The summed E-state index contributed by atoms with van der Waals surface area (Å²) in [7, 11) is 0. The van der Waals surface area contributed by atoms with E-state index >= 15 is 0 Å². The predicted molar refractivity (Wildman–Crippen MR) is 110 cm³/mol. The maximum atomic E-state index is 13.0. The lowest BCUT2D eigenvalue weighted by Crippen LogP contribution is -2.48. The quantitative estimate of drug-likeness (QED) is 0.818. The van der Waals surface area contributed by atoms with Crippen LogP contribution >= 0.6 is 0 Å². The molecular formula is C22H29N5O. The van der Waals surface area contributed by atoms with Gasteiger partial charge in [0, 0.05) is 51.9 Å². The molecule has 0 bridgehead atoms. The van der Waals surface area contributed by atoms with Crippen LogP contribution < -0.4 is 4.90 Å². The molecule has 2 fully saturated rings.